The Hall–Kier alpha value is -2.94. The fraction of sp³-hybridized carbons (Fsp3) is 0.167. The SMILES string of the molecule is CCn1c(=NC(=O)c2ccccc2NS(=O)(=O)c2ccc(Cl)cc2)sc2cc(C)c(C)cc21. The number of aryl methyl sites for hydroxylation is 3. The van der Waals surface area contributed by atoms with Crippen LogP contribution in [0.2, 0.25) is 5.02 Å². The van der Waals surface area contributed by atoms with Gasteiger partial charge >= 0.3 is 0 Å². The lowest BCUT2D eigenvalue weighted by molar-refractivity contribution is 0.0998. The summed E-state index contributed by atoms with van der Waals surface area (Å²) in [4.78, 5) is 18.1. The molecule has 6 nitrogen and oxygen atoms in total. The van der Waals surface area contributed by atoms with Crippen LogP contribution in [0.5, 0.6) is 0 Å². The number of thiazole rings is 1. The van der Waals surface area contributed by atoms with Gasteiger partial charge in [-0.1, -0.05) is 35.1 Å². The maximum atomic E-state index is 13.2. The van der Waals surface area contributed by atoms with Gasteiger partial charge in [0.05, 0.1) is 26.4 Å². The number of rotatable bonds is 5. The molecule has 0 bridgehead atoms. The summed E-state index contributed by atoms with van der Waals surface area (Å²) in [5, 5.41) is 0.432. The van der Waals surface area contributed by atoms with Crippen LogP contribution in [-0.4, -0.2) is 18.9 Å². The summed E-state index contributed by atoms with van der Waals surface area (Å²) in [6, 6.07) is 16.4. The van der Waals surface area contributed by atoms with Gasteiger partial charge in [0, 0.05) is 11.6 Å². The van der Waals surface area contributed by atoms with E-state index in [-0.39, 0.29) is 16.1 Å². The molecule has 0 radical (unpaired) electrons. The Morgan fingerprint density at radius 2 is 1.73 bits per heavy atom. The van der Waals surface area contributed by atoms with Gasteiger partial charge in [-0.25, -0.2) is 8.42 Å². The zero-order valence-corrected chi connectivity index (χ0v) is 20.7. The Labute approximate surface area is 201 Å². The van der Waals surface area contributed by atoms with Gasteiger partial charge in [0.1, 0.15) is 0 Å². The van der Waals surface area contributed by atoms with Crippen LogP contribution in [0.1, 0.15) is 28.4 Å². The van der Waals surface area contributed by atoms with Crippen molar-refractivity contribution in [2.24, 2.45) is 4.99 Å². The molecule has 0 saturated carbocycles. The molecule has 0 aliphatic carbocycles. The molecular formula is C24H22ClN3O3S2. The van der Waals surface area contributed by atoms with E-state index >= 15 is 0 Å². The van der Waals surface area contributed by atoms with Crippen LogP contribution in [-0.2, 0) is 16.6 Å². The average molecular weight is 500 g/mol. The summed E-state index contributed by atoms with van der Waals surface area (Å²) >= 11 is 7.30. The number of nitrogens with zero attached hydrogens (tertiary/aromatic N) is 2. The molecule has 170 valence electrons. The summed E-state index contributed by atoms with van der Waals surface area (Å²) in [5.41, 5.74) is 3.70. The van der Waals surface area contributed by atoms with E-state index in [2.05, 4.69) is 35.7 Å². The molecule has 1 N–H and O–H groups in total. The lowest BCUT2D eigenvalue weighted by Crippen LogP contribution is -2.18. The number of para-hydroxylation sites is 1. The van der Waals surface area contributed by atoms with Crippen LogP contribution in [0, 0.1) is 13.8 Å². The van der Waals surface area contributed by atoms with E-state index in [0.717, 1.165) is 10.2 Å². The molecular weight excluding hydrogens is 478 g/mol. The standard InChI is InChI=1S/C24H22ClN3O3S2/c1-4-28-21-13-15(2)16(3)14-22(21)32-24(28)26-23(29)19-7-5-6-8-20(19)27-33(30,31)18-11-9-17(25)10-12-18/h5-14,27H,4H2,1-3H3. The molecule has 9 heteroatoms. The summed E-state index contributed by atoms with van der Waals surface area (Å²) in [6.45, 7) is 6.76. The van der Waals surface area contributed by atoms with Crippen molar-refractivity contribution in [3.63, 3.8) is 0 Å². The smallest absolute Gasteiger partial charge is 0.281 e. The second-order valence-electron chi connectivity index (χ2n) is 7.56. The second kappa shape index (κ2) is 9.13. The van der Waals surface area contributed by atoms with Crippen LogP contribution < -0.4 is 9.52 Å². The highest BCUT2D eigenvalue weighted by Gasteiger charge is 2.19. The molecule has 0 atom stereocenters. The lowest BCUT2D eigenvalue weighted by Gasteiger charge is -2.11. The van der Waals surface area contributed by atoms with E-state index in [1.165, 1.54) is 46.7 Å². The number of benzene rings is 3. The van der Waals surface area contributed by atoms with Gasteiger partial charge in [0.25, 0.3) is 15.9 Å². The Balaban J connectivity index is 1.75. The average Bonchev–Trinajstić information content (AvgIpc) is 3.10. The van der Waals surface area contributed by atoms with E-state index in [1.54, 1.807) is 24.3 Å². The van der Waals surface area contributed by atoms with Crippen LogP contribution in [0.15, 0.2) is 70.6 Å². The van der Waals surface area contributed by atoms with Gasteiger partial charge in [-0.2, -0.15) is 4.99 Å². The number of anilines is 1. The Kier molecular flexibility index (Phi) is 6.43. The third-order valence-electron chi connectivity index (χ3n) is 5.34. The number of sulfonamides is 1. The lowest BCUT2D eigenvalue weighted by atomic mass is 10.1. The summed E-state index contributed by atoms with van der Waals surface area (Å²) in [6.07, 6.45) is 0. The molecule has 1 aromatic heterocycles. The largest absolute Gasteiger partial charge is 0.317 e. The minimum atomic E-state index is -3.91. The van der Waals surface area contributed by atoms with Gasteiger partial charge in [-0.15, -0.1) is 0 Å². The molecule has 33 heavy (non-hydrogen) atoms. The first-order valence-electron chi connectivity index (χ1n) is 10.3. The highest BCUT2D eigenvalue weighted by Crippen LogP contribution is 2.24. The Bertz CT molecular complexity index is 1540. The third-order valence-corrected chi connectivity index (χ3v) is 8.01. The quantitative estimate of drug-likeness (QED) is 0.391. The van der Waals surface area contributed by atoms with Crippen molar-refractivity contribution in [3.8, 4) is 0 Å². The van der Waals surface area contributed by atoms with E-state index < -0.39 is 15.9 Å². The minimum absolute atomic E-state index is 0.0464. The molecule has 0 aliphatic rings. The van der Waals surface area contributed by atoms with Crippen LogP contribution in [0.4, 0.5) is 5.69 Å². The maximum Gasteiger partial charge on any atom is 0.281 e. The Morgan fingerprint density at radius 1 is 1.06 bits per heavy atom. The number of carbonyl (C=O) groups excluding carboxylic acids is 1. The number of halogens is 1. The number of fused-ring (bicyclic) bond motifs is 1. The fourth-order valence-electron chi connectivity index (χ4n) is 3.44. The van der Waals surface area contributed by atoms with Crippen molar-refractivity contribution in [1.29, 1.82) is 0 Å². The third kappa shape index (κ3) is 4.73. The number of amides is 1. The molecule has 1 heterocycles. The fourth-order valence-corrected chi connectivity index (χ4v) is 5.81. The van der Waals surface area contributed by atoms with Crippen LogP contribution in [0.3, 0.4) is 0 Å². The molecule has 4 aromatic rings. The first-order chi connectivity index (χ1) is 15.7. The molecule has 0 saturated heterocycles. The number of carbonyl (C=O) groups is 1. The molecule has 0 spiro atoms. The first-order valence-corrected chi connectivity index (χ1v) is 12.9. The van der Waals surface area contributed by atoms with Crippen molar-refractivity contribution in [3.05, 3.63) is 87.2 Å². The molecule has 0 unspecified atom stereocenters. The van der Waals surface area contributed by atoms with E-state index in [4.69, 9.17) is 11.6 Å². The highest BCUT2D eigenvalue weighted by atomic mass is 35.5. The van der Waals surface area contributed by atoms with Gasteiger partial charge in [0.2, 0.25) is 0 Å². The number of nitrogens with one attached hydrogen (secondary N) is 1. The minimum Gasteiger partial charge on any atom is -0.317 e. The second-order valence-corrected chi connectivity index (χ2v) is 10.7. The predicted octanol–water partition coefficient (Wildman–Crippen LogP) is 5.53. The molecule has 0 fully saturated rings. The van der Waals surface area contributed by atoms with E-state index in [0.29, 0.717) is 16.4 Å². The molecule has 3 aromatic carbocycles. The summed E-state index contributed by atoms with van der Waals surface area (Å²) in [5.74, 6) is -0.522. The van der Waals surface area contributed by atoms with Crippen molar-refractivity contribution in [2.45, 2.75) is 32.2 Å². The van der Waals surface area contributed by atoms with Gasteiger partial charge < -0.3 is 4.57 Å². The zero-order chi connectivity index (χ0) is 23.8. The number of hydrogen-bond acceptors (Lipinski definition) is 4. The number of hydrogen-bond donors (Lipinski definition) is 1. The van der Waals surface area contributed by atoms with Crippen LogP contribution in [0.25, 0.3) is 10.2 Å². The van der Waals surface area contributed by atoms with Gasteiger partial charge in [-0.3, -0.25) is 9.52 Å². The van der Waals surface area contributed by atoms with Crippen molar-refractivity contribution >= 4 is 54.8 Å². The molecule has 4 rings (SSSR count). The summed E-state index contributed by atoms with van der Waals surface area (Å²) < 4.78 is 31.2. The van der Waals surface area contributed by atoms with Crippen molar-refractivity contribution in [2.75, 3.05) is 4.72 Å². The predicted molar refractivity (Wildman–Crippen MR) is 134 cm³/mol. The molecule has 0 aliphatic heterocycles. The van der Waals surface area contributed by atoms with Crippen LogP contribution >= 0.6 is 22.9 Å². The van der Waals surface area contributed by atoms with Gasteiger partial charge in [-0.05, 0) is 80.4 Å². The summed E-state index contributed by atoms with van der Waals surface area (Å²) in [7, 11) is -3.91. The monoisotopic (exact) mass is 499 g/mol. The highest BCUT2D eigenvalue weighted by molar-refractivity contribution is 7.92. The van der Waals surface area contributed by atoms with Crippen molar-refractivity contribution < 1.29 is 13.2 Å². The van der Waals surface area contributed by atoms with E-state index in [9.17, 15) is 13.2 Å². The maximum absolute atomic E-state index is 13.2. The van der Waals surface area contributed by atoms with Crippen molar-refractivity contribution in [1.82, 2.24) is 4.57 Å². The zero-order valence-electron chi connectivity index (χ0n) is 18.3. The topological polar surface area (TPSA) is 80.5 Å². The number of aromatic nitrogens is 1. The van der Waals surface area contributed by atoms with E-state index in [1.807, 2.05) is 11.5 Å². The normalized spacial score (nSPS) is 12.3. The molecule has 1 amide bonds. The first kappa shape index (κ1) is 23.2. The van der Waals surface area contributed by atoms with Gasteiger partial charge in [0.15, 0.2) is 4.80 Å². The Morgan fingerprint density at radius 3 is 2.42 bits per heavy atom.